The Labute approximate surface area is 642 Å². The number of nitro benzene ring substituents is 6. The van der Waals surface area contributed by atoms with Crippen molar-refractivity contribution in [3.63, 3.8) is 0 Å². The van der Waals surface area contributed by atoms with Gasteiger partial charge in [0.25, 0.3) is 34.1 Å². The highest BCUT2D eigenvalue weighted by Crippen LogP contribution is 2.60. The predicted molar refractivity (Wildman–Crippen MR) is 387 cm³/mol. The van der Waals surface area contributed by atoms with Crippen molar-refractivity contribution in [3.8, 4) is 34.5 Å². The van der Waals surface area contributed by atoms with Gasteiger partial charge < -0.3 is 75.3 Å². The maximum absolute atomic E-state index is 11.2. The van der Waals surface area contributed by atoms with Crippen LogP contribution in [0.2, 0.25) is 0 Å². The monoisotopic (exact) mass is 1550 g/mol. The average molecular weight is 1550 g/mol. The van der Waals surface area contributed by atoms with Crippen LogP contribution < -0.4 is 65.0 Å². The summed E-state index contributed by atoms with van der Waals surface area (Å²) in [6, 6.07) is 0. The number of aliphatic hydroxyl groups is 2. The first-order chi connectivity index (χ1) is 51.6. The molecule has 24 bridgehead atoms. The van der Waals surface area contributed by atoms with E-state index in [1.54, 1.807) is 116 Å². The van der Waals surface area contributed by atoms with Gasteiger partial charge in [-0.25, -0.2) is 0 Å². The van der Waals surface area contributed by atoms with Gasteiger partial charge in [-0.1, -0.05) is 13.8 Å². The van der Waals surface area contributed by atoms with Crippen LogP contribution in [-0.2, 0) is 0 Å². The molecule has 20 N–H and O–H groups in total. The molecule has 24 aliphatic carbocycles. The van der Waals surface area contributed by atoms with Gasteiger partial charge in [-0.05, 0) is 235 Å². The number of benzene rings is 2. The second-order valence-electron chi connectivity index (χ2n) is 39.6. The van der Waals surface area contributed by atoms with Crippen LogP contribution in [0.15, 0.2) is 0 Å². The second kappa shape index (κ2) is 33.4. The molecule has 2 aromatic rings. The Morgan fingerprint density at radius 1 is 0.236 bits per heavy atom. The molecule has 0 atom stereocenters. The number of hydrogen-bond acceptors (Lipinski definition) is 20. The summed E-state index contributed by atoms with van der Waals surface area (Å²) in [5.41, 5.74) is 18.5. The van der Waals surface area contributed by atoms with E-state index in [0.29, 0.717) is 46.4 Å². The Morgan fingerprint density at radius 3 is 0.355 bits per heavy atom. The first kappa shape index (κ1) is 84.2. The van der Waals surface area contributed by atoms with Crippen molar-refractivity contribution >= 4 is 34.1 Å². The molecule has 0 saturated heterocycles. The zero-order chi connectivity index (χ0) is 80.1. The van der Waals surface area contributed by atoms with Crippen LogP contribution in [0.5, 0.6) is 34.5 Å². The SMILES string of the molecule is CCCO.CCCO.O=[N+]([O-])c1c([O-])c([N+](=O)[O-])c([O-])c([N+](=O)[O-])c1[O-].O=[N+]([O-])c1c([O-])c([N+](=O)[O-])c([O-])c([N+](=O)[O-])c1[O-].[NH3+]C12CC3CC(CC(C3)C1)C2.[NH3+]C12CC3CC(CC(C3)C1)C2.[NH3+]C12CC3CC(CC(C3)C1)C2.[NH3+]C12CC3CC(CC(C3)C1)C2.[NH3+]C12CC3CC(CC(C3)C1)C2.[NH3+]C12CC3CC(CC(C3)C1)C2. The van der Waals surface area contributed by atoms with E-state index in [4.69, 9.17) is 10.2 Å². The highest BCUT2D eigenvalue weighted by molar-refractivity contribution is 5.80. The molecule has 2 aromatic carbocycles. The van der Waals surface area contributed by atoms with E-state index >= 15 is 0 Å². The Bertz CT molecular complexity index is 2850. The van der Waals surface area contributed by atoms with Gasteiger partial charge in [-0.15, -0.1) is 0 Å². The van der Waals surface area contributed by atoms with Crippen LogP contribution >= 0.6 is 0 Å². The molecule has 0 heterocycles. The van der Waals surface area contributed by atoms with Crippen LogP contribution in [0.1, 0.15) is 258 Å². The molecule has 616 valence electrons. The summed E-state index contributed by atoms with van der Waals surface area (Å²) in [7, 11) is 0. The smallest absolute Gasteiger partial charge is 0.267 e. The number of aliphatic hydroxyl groups excluding tert-OH is 2. The first-order valence-electron chi connectivity index (χ1n) is 41.3. The molecule has 32 heteroatoms. The Morgan fingerprint density at radius 2 is 0.309 bits per heavy atom. The van der Waals surface area contributed by atoms with Crippen molar-refractivity contribution in [1.82, 2.24) is 0 Å². The third-order valence-corrected chi connectivity index (χ3v) is 29.1. The molecule has 0 spiro atoms. The van der Waals surface area contributed by atoms with E-state index in [9.17, 15) is 91.3 Å². The lowest BCUT2D eigenvalue weighted by Crippen LogP contribution is -2.77. The molecule has 0 radical (unpaired) electrons. The maximum atomic E-state index is 11.2. The van der Waals surface area contributed by atoms with E-state index < -0.39 is 98.2 Å². The largest absolute Gasteiger partial charge is 0.863 e. The molecule has 24 saturated carbocycles. The molecule has 24 aliphatic rings. The topological polar surface area (TPSA) is 603 Å². The van der Waals surface area contributed by atoms with Gasteiger partial charge >= 0.3 is 0 Å². The fourth-order valence-electron chi connectivity index (χ4n) is 28.0. The molecule has 110 heavy (non-hydrogen) atoms. The first-order valence-corrected chi connectivity index (χ1v) is 41.3. The van der Waals surface area contributed by atoms with Crippen molar-refractivity contribution in [3.05, 3.63) is 60.7 Å². The van der Waals surface area contributed by atoms with E-state index in [1.165, 1.54) is 116 Å². The van der Waals surface area contributed by atoms with E-state index in [-0.39, 0.29) is 0 Å². The summed E-state index contributed by atoms with van der Waals surface area (Å²) >= 11 is 0. The number of rotatable bonds is 8. The predicted octanol–water partition coefficient (Wildman–Crippen LogP) is 5.22. The minimum Gasteiger partial charge on any atom is -0.863 e. The van der Waals surface area contributed by atoms with Gasteiger partial charge in [0, 0.05) is 129 Å². The molecule has 26 rings (SSSR count). The lowest BCUT2D eigenvalue weighted by molar-refractivity contribution is -0.505. The molecule has 24 fully saturated rings. The molecule has 0 amide bonds. The second-order valence-corrected chi connectivity index (χ2v) is 39.6. The highest BCUT2D eigenvalue weighted by Gasteiger charge is 2.57. The average Bonchev–Trinajstić information content (AvgIpc) is 0.758. The zero-order valence-corrected chi connectivity index (χ0v) is 64.8. The number of quaternary nitrogens is 6. The molecule has 0 aliphatic heterocycles. The van der Waals surface area contributed by atoms with Gasteiger partial charge in [0.2, 0.25) is 0 Å². The standard InChI is InChI=1S/6C10H17N.2C6H3N3O9.2C3H8O/c6*11-10-4-7-1-8(5-10)3-9(2-7)6-10;2*10-4-1(7(13)14)5(11)3(9(17)18)6(12)2(4)8(15)16;2*1-2-3-4/h6*7-9H,1-6,11H2;2*10-12H;2*4H,2-3H2,1H3. The quantitative estimate of drug-likeness (QED) is 0.124. The summed E-state index contributed by atoms with van der Waals surface area (Å²) in [5.74, 6) is 7.18. The van der Waals surface area contributed by atoms with Crippen LogP contribution in [0.3, 0.4) is 0 Å². The summed E-state index contributed by atoms with van der Waals surface area (Å²) in [5, 5.41) is 145. The van der Waals surface area contributed by atoms with Gasteiger partial charge in [0.15, 0.2) is 0 Å². The molecular formula is C78H124N12O20. The summed E-state index contributed by atoms with van der Waals surface area (Å²) in [6.07, 6.45) is 55.9. The van der Waals surface area contributed by atoms with Crippen molar-refractivity contribution in [2.75, 3.05) is 13.2 Å². The van der Waals surface area contributed by atoms with Crippen LogP contribution in [-0.4, -0.2) is 86.2 Å². The maximum Gasteiger partial charge on any atom is 0.267 e. The van der Waals surface area contributed by atoms with E-state index in [1.807, 2.05) is 13.8 Å². The molecule has 0 aromatic heterocycles. The van der Waals surface area contributed by atoms with Crippen LogP contribution in [0.4, 0.5) is 34.1 Å². The van der Waals surface area contributed by atoms with Crippen LogP contribution in [0.25, 0.3) is 0 Å². The van der Waals surface area contributed by atoms with Crippen LogP contribution in [0, 0.1) is 167 Å². The van der Waals surface area contributed by atoms with Gasteiger partial charge in [-0.2, -0.15) is 0 Å². The molecule has 0 unspecified atom stereocenters. The number of hydrogen-bond donors (Lipinski definition) is 8. The molecular weight excluding hydrogens is 1420 g/mol. The minimum atomic E-state index is -2.05. The third kappa shape index (κ3) is 19.4. The lowest BCUT2D eigenvalue weighted by atomic mass is 9.53. The van der Waals surface area contributed by atoms with Crippen molar-refractivity contribution in [1.29, 1.82) is 0 Å². The van der Waals surface area contributed by atoms with Crippen molar-refractivity contribution in [2.45, 2.75) is 291 Å². The Hall–Kier alpha value is -6.68. The summed E-state index contributed by atoms with van der Waals surface area (Å²) < 4.78 is 0. The summed E-state index contributed by atoms with van der Waals surface area (Å²) in [6.45, 7) is 4.50. The third-order valence-electron chi connectivity index (χ3n) is 29.1. The molecule has 32 nitrogen and oxygen atoms in total. The number of nitrogens with zero attached hydrogens (tertiary/aromatic N) is 6. The fourth-order valence-corrected chi connectivity index (χ4v) is 28.0. The minimum absolute atomic E-state index is 0.319. The van der Waals surface area contributed by atoms with Crippen molar-refractivity contribution < 1.29 is 105 Å². The lowest BCUT2D eigenvalue weighted by Gasteiger charge is -2.52. The normalized spacial score (nSPS) is 40.0. The number of nitro groups is 6. The zero-order valence-electron chi connectivity index (χ0n) is 64.8. The Balaban J connectivity index is 0.000000124. The Kier molecular flexibility index (Phi) is 25.6. The van der Waals surface area contributed by atoms with Gasteiger partial charge in [0.05, 0.1) is 97.3 Å². The van der Waals surface area contributed by atoms with Gasteiger partial charge in [0.1, 0.15) is 0 Å². The summed E-state index contributed by atoms with van der Waals surface area (Å²) in [4.78, 5) is 52.5. The highest BCUT2D eigenvalue weighted by atomic mass is 16.7. The van der Waals surface area contributed by atoms with E-state index in [0.717, 1.165) is 119 Å². The fraction of sp³-hybridized carbons (Fsp3) is 0.846. The van der Waals surface area contributed by atoms with Gasteiger partial charge in [-0.3, -0.25) is 60.7 Å². The van der Waals surface area contributed by atoms with E-state index in [2.05, 4.69) is 34.4 Å². The van der Waals surface area contributed by atoms with Crippen molar-refractivity contribution in [2.24, 2.45) is 107 Å².